The van der Waals surface area contributed by atoms with Gasteiger partial charge in [0, 0.05) is 11.6 Å². The van der Waals surface area contributed by atoms with Crippen LogP contribution < -0.4 is 0 Å². The third-order valence-corrected chi connectivity index (χ3v) is 3.27. The van der Waals surface area contributed by atoms with Crippen LogP contribution in [0.5, 0.6) is 0 Å². The zero-order valence-corrected chi connectivity index (χ0v) is 10.7. The van der Waals surface area contributed by atoms with Crippen LogP contribution in [0, 0.1) is 18.6 Å². The number of hydrogen-bond acceptors (Lipinski definition) is 1. The number of aryl methyl sites for hydroxylation is 1. The summed E-state index contributed by atoms with van der Waals surface area (Å²) in [6.45, 7) is 1.86. The highest BCUT2D eigenvalue weighted by Crippen LogP contribution is 2.27. The van der Waals surface area contributed by atoms with Gasteiger partial charge in [-0.3, -0.25) is 0 Å². The molecule has 1 heterocycles. The molecule has 2 nitrogen and oxygen atoms in total. The number of rotatable bonds is 1. The van der Waals surface area contributed by atoms with Crippen LogP contribution in [-0.4, -0.2) is 9.97 Å². The standard InChI is InChI=1S/C14H9ClF2N2/c1-7-2-3-8(16)4-9(7)14-18-12-5-10(15)11(17)6-13(12)19-14/h2-6H,1H3,(H,18,19). The summed E-state index contributed by atoms with van der Waals surface area (Å²) in [5.74, 6) is -0.362. The van der Waals surface area contributed by atoms with E-state index in [-0.39, 0.29) is 10.8 Å². The predicted molar refractivity (Wildman–Crippen MR) is 71.2 cm³/mol. The molecule has 3 aromatic rings. The number of H-pyrrole nitrogens is 1. The summed E-state index contributed by atoms with van der Waals surface area (Å²) < 4.78 is 26.7. The van der Waals surface area contributed by atoms with Crippen molar-refractivity contribution in [2.75, 3.05) is 0 Å². The second-order valence-electron chi connectivity index (χ2n) is 4.33. The molecule has 0 saturated carbocycles. The van der Waals surface area contributed by atoms with E-state index >= 15 is 0 Å². The van der Waals surface area contributed by atoms with Gasteiger partial charge in [-0.05, 0) is 30.7 Å². The summed E-state index contributed by atoms with van der Waals surface area (Å²) in [6, 6.07) is 7.18. The first-order chi connectivity index (χ1) is 9.04. The van der Waals surface area contributed by atoms with Gasteiger partial charge in [-0.25, -0.2) is 13.8 Å². The summed E-state index contributed by atoms with van der Waals surface area (Å²) in [7, 11) is 0. The van der Waals surface area contributed by atoms with E-state index < -0.39 is 5.82 Å². The van der Waals surface area contributed by atoms with Crippen molar-refractivity contribution in [3.05, 3.63) is 52.6 Å². The number of aromatic nitrogens is 2. The summed E-state index contributed by atoms with van der Waals surface area (Å²) in [5.41, 5.74) is 2.60. The maximum atomic E-state index is 13.4. The zero-order chi connectivity index (χ0) is 13.6. The fraction of sp³-hybridized carbons (Fsp3) is 0.0714. The molecule has 0 radical (unpaired) electrons. The lowest BCUT2D eigenvalue weighted by molar-refractivity contribution is 0.627. The van der Waals surface area contributed by atoms with Crippen molar-refractivity contribution >= 4 is 22.6 Å². The van der Waals surface area contributed by atoms with E-state index in [4.69, 9.17) is 11.6 Å². The maximum Gasteiger partial charge on any atom is 0.144 e. The lowest BCUT2D eigenvalue weighted by Crippen LogP contribution is -1.87. The second kappa shape index (κ2) is 4.31. The fourth-order valence-electron chi connectivity index (χ4n) is 1.98. The van der Waals surface area contributed by atoms with Crippen molar-refractivity contribution in [3.8, 4) is 11.4 Å². The number of nitrogens with one attached hydrogen (secondary N) is 1. The van der Waals surface area contributed by atoms with Crippen molar-refractivity contribution < 1.29 is 8.78 Å². The number of benzene rings is 2. The monoisotopic (exact) mass is 278 g/mol. The van der Waals surface area contributed by atoms with E-state index in [9.17, 15) is 8.78 Å². The predicted octanol–water partition coefficient (Wildman–Crippen LogP) is 4.47. The lowest BCUT2D eigenvalue weighted by Gasteiger charge is -2.01. The van der Waals surface area contributed by atoms with Crippen LogP contribution in [0.4, 0.5) is 8.78 Å². The number of nitrogens with zero attached hydrogens (tertiary/aromatic N) is 1. The normalized spacial score (nSPS) is 11.2. The highest BCUT2D eigenvalue weighted by Gasteiger charge is 2.11. The average molecular weight is 279 g/mol. The molecule has 19 heavy (non-hydrogen) atoms. The number of fused-ring (bicyclic) bond motifs is 1. The van der Waals surface area contributed by atoms with E-state index in [0.29, 0.717) is 22.4 Å². The Bertz CT molecular complexity index is 741. The Morgan fingerprint density at radius 2 is 1.95 bits per heavy atom. The third kappa shape index (κ3) is 2.08. The smallest absolute Gasteiger partial charge is 0.144 e. The number of halogens is 3. The largest absolute Gasteiger partial charge is 0.338 e. The van der Waals surface area contributed by atoms with Crippen LogP contribution in [-0.2, 0) is 0 Å². The van der Waals surface area contributed by atoms with Gasteiger partial charge in [0.2, 0.25) is 0 Å². The summed E-state index contributed by atoms with van der Waals surface area (Å²) >= 11 is 5.71. The fourth-order valence-corrected chi connectivity index (χ4v) is 2.14. The van der Waals surface area contributed by atoms with Gasteiger partial charge in [0.05, 0.1) is 16.1 Å². The van der Waals surface area contributed by atoms with Gasteiger partial charge < -0.3 is 4.98 Å². The zero-order valence-electron chi connectivity index (χ0n) is 9.97. The van der Waals surface area contributed by atoms with Gasteiger partial charge in [0.1, 0.15) is 17.5 Å². The minimum absolute atomic E-state index is 0.0153. The molecule has 0 aliphatic heterocycles. The Balaban J connectivity index is 2.23. The molecule has 2 aromatic carbocycles. The number of hydrogen-bond donors (Lipinski definition) is 1. The molecule has 1 aromatic heterocycles. The summed E-state index contributed by atoms with van der Waals surface area (Å²) in [4.78, 5) is 7.29. The molecule has 0 amide bonds. The van der Waals surface area contributed by atoms with E-state index in [1.165, 1.54) is 24.3 Å². The molecule has 3 rings (SSSR count). The van der Waals surface area contributed by atoms with E-state index in [2.05, 4.69) is 9.97 Å². The lowest BCUT2D eigenvalue weighted by atomic mass is 10.1. The average Bonchev–Trinajstić information content (AvgIpc) is 2.75. The van der Waals surface area contributed by atoms with Crippen molar-refractivity contribution in [1.29, 1.82) is 0 Å². The maximum absolute atomic E-state index is 13.4. The van der Waals surface area contributed by atoms with Crippen LogP contribution in [0.25, 0.3) is 22.4 Å². The van der Waals surface area contributed by atoms with E-state index in [0.717, 1.165) is 5.56 Å². The molecule has 0 spiro atoms. The van der Waals surface area contributed by atoms with Crippen LogP contribution in [0.15, 0.2) is 30.3 Å². The molecule has 96 valence electrons. The van der Waals surface area contributed by atoms with Crippen molar-refractivity contribution in [2.45, 2.75) is 6.92 Å². The summed E-state index contributed by atoms with van der Waals surface area (Å²) in [5, 5.41) is 0.0153. The van der Waals surface area contributed by atoms with Gasteiger partial charge in [0.15, 0.2) is 0 Å². The molecule has 1 N–H and O–H groups in total. The van der Waals surface area contributed by atoms with Crippen LogP contribution in [0.1, 0.15) is 5.56 Å². The van der Waals surface area contributed by atoms with E-state index in [1.54, 1.807) is 6.07 Å². The van der Waals surface area contributed by atoms with Crippen molar-refractivity contribution in [1.82, 2.24) is 9.97 Å². The Hall–Kier alpha value is -1.94. The Labute approximate surface area is 113 Å². The molecule has 0 aliphatic carbocycles. The second-order valence-corrected chi connectivity index (χ2v) is 4.74. The van der Waals surface area contributed by atoms with Gasteiger partial charge >= 0.3 is 0 Å². The van der Waals surface area contributed by atoms with Gasteiger partial charge in [-0.1, -0.05) is 17.7 Å². The number of imidazole rings is 1. The summed E-state index contributed by atoms with van der Waals surface area (Å²) in [6.07, 6.45) is 0. The van der Waals surface area contributed by atoms with E-state index in [1.807, 2.05) is 6.92 Å². The van der Waals surface area contributed by atoms with Crippen LogP contribution in [0.2, 0.25) is 5.02 Å². The molecular formula is C14H9ClF2N2. The molecule has 0 saturated heterocycles. The molecular weight excluding hydrogens is 270 g/mol. The first kappa shape index (κ1) is 12.1. The van der Waals surface area contributed by atoms with Crippen molar-refractivity contribution in [2.24, 2.45) is 0 Å². The first-order valence-electron chi connectivity index (χ1n) is 5.66. The Morgan fingerprint density at radius 3 is 2.74 bits per heavy atom. The minimum Gasteiger partial charge on any atom is -0.338 e. The SMILES string of the molecule is Cc1ccc(F)cc1-c1nc2cc(Cl)c(F)cc2[nH]1. The molecule has 0 aliphatic rings. The van der Waals surface area contributed by atoms with Gasteiger partial charge in [-0.2, -0.15) is 0 Å². The Kier molecular flexibility index (Phi) is 2.75. The highest BCUT2D eigenvalue weighted by atomic mass is 35.5. The highest BCUT2D eigenvalue weighted by molar-refractivity contribution is 6.31. The van der Waals surface area contributed by atoms with Gasteiger partial charge in [-0.15, -0.1) is 0 Å². The van der Waals surface area contributed by atoms with Crippen LogP contribution >= 0.6 is 11.6 Å². The Morgan fingerprint density at radius 1 is 1.16 bits per heavy atom. The van der Waals surface area contributed by atoms with Crippen molar-refractivity contribution in [3.63, 3.8) is 0 Å². The molecule has 0 fully saturated rings. The quantitative estimate of drug-likeness (QED) is 0.699. The third-order valence-electron chi connectivity index (χ3n) is 2.98. The minimum atomic E-state index is -0.514. The molecule has 0 bridgehead atoms. The van der Waals surface area contributed by atoms with Crippen LogP contribution in [0.3, 0.4) is 0 Å². The topological polar surface area (TPSA) is 28.7 Å². The first-order valence-corrected chi connectivity index (χ1v) is 6.03. The number of aromatic amines is 1. The van der Waals surface area contributed by atoms with Gasteiger partial charge in [0.25, 0.3) is 0 Å². The molecule has 0 atom stereocenters. The molecule has 0 unspecified atom stereocenters. The molecule has 5 heteroatoms.